The van der Waals surface area contributed by atoms with Gasteiger partial charge in [0.05, 0.1) is 5.56 Å². The fourth-order valence-electron chi connectivity index (χ4n) is 4.59. The Balaban J connectivity index is 1.76. The standard InChI is InChI=1S/C25H29NO3/c1-3-19-11-7-8-14-26(19)16-22-23(27)13-12-20-17(2)21(25(28)29-24(20)22)15-18-9-5-4-6-10-18/h4-6,9-10,12-13,19,27H,3,7-8,11,14-16H2,1-2H3/t19-/m1/s1. The molecule has 4 nitrogen and oxygen atoms in total. The maximum Gasteiger partial charge on any atom is 0.340 e. The van der Waals surface area contributed by atoms with Crippen LogP contribution in [0, 0.1) is 6.92 Å². The Hall–Kier alpha value is -2.59. The van der Waals surface area contributed by atoms with Crippen molar-refractivity contribution in [2.24, 2.45) is 0 Å². The van der Waals surface area contributed by atoms with Crippen LogP contribution in [0.15, 0.2) is 51.7 Å². The average molecular weight is 392 g/mol. The van der Waals surface area contributed by atoms with E-state index in [2.05, 4.69) is 11.8 Å². The number of hydrogen-bond donors (Lipinski definition) is 1. The fourth-order valence-corrected chi connectivity index (χ4v) is 4.59. The van der Waals surface area contributed by atoms with Crippen LogP contribution in [0.5, 0.6) is 5.75 Å². The fraction of sp³-hybridized carbons (Fsp3) is 0.400. The topological polar surface area (TPSA) is 53.7 Å². The molecule has 152 valence electrons. The molecule has 2 heterocycles. The van der Waals surface area contributed by atoms with E-state index in [0.717, 1.165) is 35.0 Å². The van der Waals surface area contributed by atoms with Gasteiger partial charge in [-0.05, 0) is 56.0 Å². The van der Waals surface area contributed by atoms with Crippen molar-refractivity contribution >= 4 is 11.0 Å². The minimum Gasteiger partial charge on any atom is -0.507 e. The van der Waals surface area contributed by atoms with Crippen LogP contribution in [0.4, 0.5) is 0 Å². The van der Waals surface area contributed by atoms with Crippen molar-refractivity contribution in [3.63, 3.8) is 0 Å². The van der Waals surface area contributed by atoms with E-state index in [9.17, 15) is 9.90 Å². The van der Waals surface area contributed by atoms with Gasteiger partial charge in [0.15, 0.2) is 0 Å². The maximum atomic E-state index is 12.9. The molecular weight excluding hydrogens is 362 g/mol. The third-order valence-corrected chi connectivity index (χ3v) is 6.34. The number of hydrogen-bond acceptors (Lipinski definition) is 4. The highest BCUT2D eigenvalue weighted by Crippen LogP contribution is 2.32. The predicted molar refractivity (Wildman–Crippen MR) is 116 cm³/mol. The van der Waals surface area contributed by atoms with Crippen molar-refractivity contribution in [3.05, 3.63) is 75.1 Å². The van der Waals surface area contributed by atoms with Gasteiger partial charge in [0, 0.05) is 30.0 Å². The molecule has 0 saturated carbocycles. The Morgan fingerprint density at radius 1 is 1.10 bits per heavy atom. The van der Waals surface area contributed by atoms with Gasteiger partial charge in [0.25, 0.3) is 0 Å². The first-order valence-electron chi connectivity index (χ1n) is 10.6. The van der Waals surface area contributed by atoms with Gasteiger partial charge < -0.3 is 9.52 Å². The molecule has 29 heavy (non-hydrogen) atoms. The number of benzene rings is 2. The Morgan fingerprint density at radius 2 is 1.90 bits per heavy atom. The SMILES string of the molecule is CC[C@@H]1CCCCN1Cc1c(O)ccc2c(C)c(Cc3ccccc3)c(=O)oc12. The van der Waals surface area contributed by atoms with E-state index < -0.39 is 0 Å². The molecule has 0 unspecified atom stereocenters. The highest BCUT2D eigenvalue weighted by atomic mass is 16.4. The molecule has 4 heteroatoms. The summed E-state index contributed by atoms with van der Waals surface area (Å²) in [4.78, 5) is 15.3. The molecule has 0 spiro atoms. The highest BCUT2D eigenvalue weighted by molar-refractivity contribution is 5.85. The number of phenolic OH excluding ortho intramolecular Hbond substituents is 1. The van der Waals surface area contributed by atoms with Gasteiger partial charge in [-0.2, -0.15) is 0 Å². The van der Waals surface area contributed by atoms with E-state index in [0.29, 0.717) is 30.2 Å². The molecule has 1 aliphatic rings. The summed E-state index contributed by atoms with van der Waals surface area (Å²) in [5.74, 6) is 0.205. The van der Waals surface area contributed by atoms with Crippen LogP contribution in [0.1, 0.15) is 54.9 Å². The second kappa shape index (κ2) is 8.42. The minimum atomic E-state index is -0.309. The Morgan fingerprint density at radius 3 is 2.66 bits per heavy atom. The van der Waals surface area contributed by atoms with Gasteiger partial charge in [-0.1, -0.05) is 43.7 Å². The Labute approximate surface area is 171 Å². The highest BCUT2D eigenvalue weighted by Gasteiger charge is 2.24. The molecule has 1 fully saturated rings. The Bertz CT molecular complexity index is 1060. The number of aryl methyl sites for hydroxylation is 1. The molecular formula is C25H29NO3. The number of phenols is 1. The van der Waals surface area contributed by atoms with E-state index in [1.54, 1.807) is 6.07 Å². The van der Waals surface area contributed by atoms with E-state index in [1.807, 2.05) is 43.3 Å². The van der Waals surface area contributed by atoms with Gasteiger partial charge in [-0.25, -0.2) is 4.79 Å². The number of aromatic hydroxyl groups is 1. The van der Waals surface area contributed by atoms with Crippen LogP contribution in [0.3, 0.4) is 0 Å². The van der Waals surface area contributed by atoms with Gasteiger partial charge >= 0.3 is 5.63 Å². The lowest BCUT2D eigenvalue weighted by Crippen LogP contribution is -2.38. The van der Waals surface area contributed by atoms with Crippen molar-refractivity contribution in [3.8, 4) is 5.75 Å². The summed E-state index contributed by atoms with van der Waals surface area (Å²) < 4.78 is 5.83. The van der Waals surface area contributed by atoms with Gasteiger partial charge in [0.2, 0.25) is 0 Å². The molecule has 1 aliphatic heterocycles. The molecule has 1 aromatic heterocycles. The summed E-state index contributed by atoms with van der Waals surface area (Å²) in [6.07, 6.45) is 5.26. The van der Waals surface area contributed by atoms with Crippen molar-refractivity contribution in [1.82, 2.24) is 4.90 Å². The smallest absolute Gasteiger partial charge is 0.340 e. The Kier molecular flexibility index (Phi) is 5.72. The van der Waals surface area contributed by atoms with Gasteiger partial charge in [-0.3, -0.25) is 4.90 Å². The molecule has 3 aromatic rings. The largest absolute Gasteiger partial charge is 0.507 e. The number of piperidine rings is 1. The first-order valence-corrected chi connectivity index (χ1v) is 10.6. The number of likely N-dealkylation sites (tertiary alicyclic amines) is 1. The molecule has 2 aromatic carbocycles. The molecule has 0 bridgehead atoms. The zero-order chi connectivity index (χ0) is 20.4. The van der Waals surface area contributed by atoms with Crippen molar-refractivity contribution in [2.75, 3.05) is 6.54 Å². The predicted octanol–water partition coefficient (Wildman–Crippen LogP) is 5.16. The third kappa shape index (κ3) is 3.95. The summed E-state index contributed by atoms with van der Waals surface area (Å²) in [7, 11) is 0. The molecule has 1 saturated heterocycles. The van der Waals surface area contributed by atoms with Crippen LogP contribution < -0.4 is 5.63 Å². The summed E-state index contributed by atoms with van der Waals surface area (Å²) in [6, 6.07) is 14.1. The van der Waals surface area contributed by atoms with Crippen molar-refractivity contribution in [1.29, 1.82) is 0 Å². The molecule has 1 atom stereocenters. The lowest BCUT2D eigenvalue weighted by atomic mass is 9.96. The van der Waals surface area contributed by atoms with E-state index in [-0.39, 0.29) is 11.4 Å². The molecule has 1 N–H and O–H groups in total. The van der Waals surface area contributed by atoms with Crippen LogP contribution in [0.25, 0.3) is 11.0 Å². The second-order valence-electron chi connectivity index (χ2n) is 8.12. The van der Waals surface area contributed by atoms with Crippen molar-refractivity contribution in [2.45, 2.75) is 58.5 Å². The van der Waals surface area contributed by atoms with Crippen LogP contribution >= 0.6 is 0 Å². The maximum absolute atomic E-state index is 12.9. The third-order valence-electron chi connectivity index (χ3n) is 6.34. The van der Waals surface area contributed by atoms with Crippen molar-refractivity contribution < 1.29 is 9.52 Å². The first-order chi connectivity index (χ1) is 14.1. The molecule has 0 amide bonds. The molecule has 4 rings (SSSR count). The first kappa shape index (κ1) is 19.7. The number of fused-ring (bicyclic) bond motifs is 1. The summed E-state index contributed by atoms with van der Waals surface area (Å²) in [6.45, 7) is 5.83. The average Bonchev–Trinajstić information content (AvgIpc) is 2.74. The summed E-state index contributed by atoms with van der Waals surface area (Å²) in [5.41, 5.74) is 3.66. The van der Waals surface area contributed by atoms with Gasteiger partial charge in [-0.15, -0.1) is 0 Å². The van der Waals surface area contributed by atoms with E-state index in [4.69, 9.17) is 4.42 Å². The van der Waals surface area contributed by atoms with Crippen LogP contribution in [-0.4, -0.2) is 22.6 Å². The lowest BCUT2D eigenvalue weighted by molar-refractivity contribution is 0.135. The van der Waals surface area contributed by atoms with E-state index in [1.165, 1.54) is 19.3 Å². The second-order valence-corrected chi connectivity index (χ2v) is 8.12. The van der Waals surface area contributed by atoms with Crippen LogP contribution in [0.2, 0.25) is 0 Å². The molecule has 0 radical (unpaired) electrons. The van der Waals surface area contributed by atoms with Gasteiger partial charge in [0.1, 0.15) is 11.3 Å². The zero-order valence-electron chi connectivity index (χ0n) is 17.3. The van der Waals surface area contributed by atoms with E-state index >= 15 is 0 Å². The van der Waals surface area contributed by atoms with Crippen LogP contribution in [-0.2, 0) is 13.0 Å². The summed E-state index contributed by atoms with van der Waals surface area (Å²) >= 11 is 0. The monoisotopic (exact) mass is 391 g/mol. The quantitative estimate of drug-likeness (QED) is 0.610. The molecule has 0 aliphatic carbocycles. The number of rotatable bonds is 5. The minimum absolute atomic E-state index is 0.205. The zero-order valence-corrected chi connectivity index (χ0v) is 17.3. The normalized spacial score (nSPS) is 17.7. The lowest BCUT2D eigenvalue weighted by Gasteiger charge is -2.35. The summed E-state index contributed by atoms with van der Waals surface area (Å²) in [5, 5.41) is 11.5. The number of nitrogens with zero attached hydrogens (tertiary/aromatic N) is 1.